The number of sulfonamides is 1. The van der Waals surface area contributed by atoms with Crippen molar-refractivity contribution in [2.45, 2.75) is 58.0 Å². The van der Waals surface area contributed by atoms with E-state index in [0.717, 1.165) is 28.3 Å². The molecule has 1 fully saturated rings. The van der Waals surface area contributed by atoms with Gasteiger partial charge in [0.1, 0.15) is 5.60 Å². The van der Waals surface area contributed by atoms with E-state index in [1.165, 1.54) is 7.05 Å². The molecule has 8 nitrogen and oxygen atoms in total. The molecule has 0 saturated carbocycles. The minimum atomic E-state index is -3.73. The molecule has 1 aliphatic heterocycles. The third kappa shape index (κ3) is 7.21. The summed E-state index contributed by atoms with van der Waals surface area (Å²) in [6.07, 6.45) is 1.05. The topological polar surface area (TPSA) is 96.0 Å². The molecule has 0 bridgehead atoms. The van der Waals surface area contributed by atoms with Gasteiger partial charge in [0.2, 0.25) is 15.9 Å². The van der Waals surface area contributed by atoms with Gasteiger partial charge in [-0.05, 0) is 76.6 Å². The number of hydrogen-bond donors (Lipinski definition) is 1. The first-order chi connectivity index (χ1) is 14.3. The predicted octanol–water partition coefficient (Wildman–Crippen LogP) is 2.69. The van der Waals surface area contributed by atoms with Gasteiger partial charge in [0.15, 0.2) is 0 Å². The summed E-state index contributed by atoms with van der Waals surface area (Å²) in [5.74, 6) is 0.0435. The van der Waals surface area contributed by atoms with Crippen LogP contribution in [-0.2, 0) is 19.6 Å². The molecule has 2 amide bonds. The van der Waals surface area contributed by atoms with E-state index >= 15 is 0 Å². The number of piperidine rings is 1. The van der Waals surface area contributed by atoms with Crippen LogP contribution in [0.1, 0.15) is 44.7 Å². The fourth-order valence-corrected chi connectivity index (χ4v) is 4.56. The van der Waals surface area contributed by atoms with Crippen molar-refractivity contribution in [3.8, 4) is 0 Å². The quantitative estimate of drug-likeness (QED) is 0.714. The Hall–Kier alpha value is -2.13. The minimum Gasteiger partial charge on any atom is -0.444 e. The number of likely N-dealkylation sites (tertiary alicyclic amines) is 1. The standard InChI is InChI=1S/C22H35N3O5S/c1-16-7-8-19(13-17(16)2)31(28,29)24(6)15-20(26)25-11-9-18(10-12-25)14-23-21(27)30-22(3,4)5/h7-8,13,18H,9-12,14-15H2,1-6H3,(H,23,27). The summed E-state index contributed by atoms with van der Waals surface area (Å²) in [7, 11) is -2.30. The average Bonchev–Trinajstić information content (AvgIpc) is 2.67. The van der Waals surface area contributed by atoms with E-state index < -0.39 is 21.7 Å². The first-order valence-corrected chi connectivity index (χ1v) is 12.0. The maximum absolute atomic E-state index is 12.8. The number of nitrogens with one attached hydrogen (secondary N) is 1. The van der Waals surface area contributed by atoms with Crippen molar-refractivity contribution < 1.29 is 22.7 Å². The van der Waals surface area contributed by atoms with Gasteiger partial charge < -0.3 is 15.0 Å². The van der Waals surface area contributed by atoms with Crippen LogP contribution in [0.2, 0.25) is 0 Å². The van der Waals surface area contributed by atoms with Crippen LogP contribution in [0.15, 0.2) is 23.1 Å². The van der Waals surface area contributed by atoms with Gasteiger partial charge in [0.05, 0.1) is 11.4 Å². The van der Waals surface area contributed by atoms with Crippen LogP contribution in [0.5, 0.6) is 0 Å². The Bertz CT molecular complexity index is 900. The number of ether oxygens (including phenoxy) is 1. The highest BCUT2D eigenvalue weighted by Gasteiger charge is 2.28. The highest BCUT2D eigenvalue weighted by molar-refractivity contribution is 7.89. The van der Waals surface area contributed by atoms with E-state index in [1.807, 2.05) is 34.6 Å². The van der Waals surface area contributed by atoms with E-state index in [2.05, 4.69) is 5.32 Å². The Morgan fingerprint density at radius 3 is 2.32 bits per heavy atom. The molecule has 1 N–H and O–H groups in total. The zero-order valence-electron chi connectivity index (χ0n) is 19.4. The van der Waals surface area contributed by atoms with Gasteiger partial charge in [-0.15, -0.1) is 0 Å². The van der Waals surface area contributed by atoms with Gasteiger partial charge in [0.25, 0.3) is 0 Å². The van der Waals surface area contributed by atoms with E-state index in [-0.39, 0.29) is 23.3 Å². The van der Waals surface area contributed by atoms with E-state index in [0.29, 0.717) is 19.6 Å². The van der Waals surface area contributed by atoms with E-state index in [1.54, 1.807) is 23.1 Å². The fourth-order valence-electron chi connectivity index (χ4n) is 3.36. The number of hydrogen-bond acceptors (Lipinski definition) is 5. The first kappa shape index (κ1) is 25.1. The van der Waals surface area contributed by atoms with Gasteiger partial charge in [0, 0.05) is 26.7 Å². The normalized spacial score (nSPS) is 15.8. The van der Waals surface area contributed by atoms with Crippen LogP contribution in [0.3, 0.4) is 0 Å². The van der Waals surface area contributed by atoms with Gasteiger partial charge in [-0.2, -0.15) is 4.31 Å². The SMILES string of the molecule is Cc1ccc(S(=O)(=O)N(C)CC(=O)N2CCC(CNC(=O)OC(C)(C)C)CC2)cc1C. The lowest BCUT2D eigenvalue weighted by atomic mass is 9.97. The molecule has 0 atom stereocenters. The molecule has 0 aromatic heterocycles. The number of aryl methyl sites for hydroxylation is 2. The van der Waals surface area contributed by atoms with Crippen LogP contribution in [0, 0.1) is 19.8 Å². The van der Waals surface area contributed by atoms with Crippen LogP contribution in [0.4, 0.5) is 4.79 Å². The largest absolute Gasteiger partial charge is 0.444 e. The average molecular weight is 454 g/mol. The third-order valence-electron chi connectivity index (χ3n) is 5.45. The van der Waals surface area contributed by atoms with Crippen LogP contribution in [0.25, 0.3) is 0 Å². The van der Waals surface area contributed by atoms with Crippen molar-refractivity contribution in [2.24, 2.45) is 5.92 Å². The summed E-state index contributed by atoms with van der Waals surface area (Å²) in [4.78, 5) is 26.3. The number of alkyl carbamates (subject to hydrolysis) is 1. The van der Waals surface area contributed by atoms with E-state index in [9.17, 15) is 18.0 Å². The molecular weight excluding hydrogens is 418 g/mol. The summed E-state index contributed by atoms with van der Waals surface area (Å²) in [6.45, 7) is 10.6. The maximum atomic E-state index is 12.8. The number of likely N-dealkylation sites (N-methyl/N-ethyl adjacent to an activating group) is 1. The van der Waals surface area contributed by atoms with E-state index in [4.69, 9.17) is 4.74 Å². The second-order valence-electron chi connectivity index (χ2n) is 9.21. The molecule has 0 radical (unpaired) electrons. The Morgan fingerprint density at radius 2 is 1.77 bits per heavy atom. The van der Waals surface area contributed by atoms with Crippen LogP contribution >= 0.6 is 0 Å². The Morgan fingerprint density at radius 1 is 1.16 bits per heavy atom. The van der Waals surface area contributed by atoms with Gasteiger partial charge >= 0.3 is 6.09 Å². The molecule has 0 aliphatic carbocycles. The van der Waals surface area contributed by atoms with Crippen molar-refractivity contribution in [1.29, 1.82) is 0 Å². The van der Waals surface area contributed by atoms with Gasteiger partial charge in [-0.3, -0.25) is 4.79 Å². The van der Waals surface area contributed by atoms with Crippen molar-refractivity contribution in [3.05, 3.63) is 29.3 Å². The zero-order chi connectivity index (χ0) is 23.4. The molecule has 1 aromatic rings. The first-order valence-electron chi connectivity index (χ1n) is 10.6. The summed E-state index contributed by atoms with van der Waals surface area (Å²) in [5, 5.41) is 2.78. The molecule has 1 aliphatic rings. The molecule has 1 heterocycles. The molecule has 31 heavy (non-hydrogen) atoms. The van der Waals surface area contributed by atoms with Crippen molar-refractivity contribution in [2.75, 3.05) is 33.2 Å². The lowest BCUT2D eigenvalue weighted by Gasteiger charge is -2.33. The highest BCUT2D eigenvalue weighted by Crippen LogP contribution is 2.20. The second kappa shape index (κ2) is 9.99. The lowest BCUT2D eigenvalue weighted by Crippen LogP contribution is -2.46. The molecule has 0 unspecified atom stereocenters. The Kier molecular flexibility index (Phi) is 8.10. The van der Waals surface area contributed by atoms with Crippen molar-refractivity contribution >= 4 is 22.0 Å². The number of amides is 2. The molecule has 9 heteroatoms. The zero-order valence-corrected chi connectivity index (χ0v) is 20.2. The van der Waals surface area contributed by atoms with Crippen LogP contribution in [-0.4, -0.2) is 68.5 Å². The number of carbonyl (C=O) groups excluding carboxylic acids is 2. The number of nitrogens with zero attached hydrogens (tertiary/aromatic N) is 2. The monoisotopic (exact) mass is 453 g/mol. The highest BCUT2D eigenvalue weighted by atomic mass is 32.2. The number of benzene rings is 1. The molecular formula is C22H35N3O5S. The summed E-state index contributed by atoms with van der Waals surface area (Å²) in [6, 6.07) is 4.98. The second-order valence-corrected chi connectivity index (χ2v) is 11.3. The third-order valence-corrected chi connectivity index (χ3v) is 7.25. The molecule has 1 aromatic carbocycles. The Balaban J connectivity index is 1.84. The molecule has 174 valence electrons. The lowest BCUT2D eigenvalue weighted by molar-refractivity contribution is -0.132. The van der Waals surface area contributed by atoms with Gasteiger partial charge in [-0.1, -0.05) is 6.07 Å². The minimum absolute atomic E-state index is 0.192. The molecule has 2 rings (SSSR count). The maximum Gasteiger partial charge on any atom is 0.407 e. The summed E-state index contributed by atoms with van der Waals surface area (Å²) >= 11 is 0. The van der Waals surface area contributed by atoms with Crippen molar-refractivity contribution in [3.63, 3.8) is 0 Å². The Labute approximate surface area is 186 Å². The number of carbonyl (C=O) groups is 2. The smallest absolute Gasteiger partial charge is 0.407 e. The fraction of sp³-hybridized carbons (Fsp3) is 0.636. The van der Waals surface area contributed by atoms with Crippen molar-refractivity contribution in [1.82, 2.24) is 14.5 Å². The predicted molar refractivity (Wildman–Crippen MR) is 119 cm³/mol. The summed E-state index contributed by atoms with van der Waals surface area (Å²) in [5.41, 5.74) is 1.37. The van der Waals surface area contributed by atoms with Crippen LogP contribution < -0.4 is 5.32 Å². The molecule has 1 saturated heterocycles. The number of rotatable bonds is 6. The summed E-state index contributed by atoms with van der Waals surface area (Å²) < 4.78 is 32.0. The molecule has 0 spiro atoms. The van der Waals surface area contributed by atoms with Gasteiger partial charge in [-0.25, -0.2) is 13.2 Å².